The van der Waals surface area contributed by atoms with Gasteiger partial charge < -0.3 is 15.7 Å². The van der Waals surface area contributed by atoms with Gasteiger partial charge in [0.25, 0.3) is 0 Å². The van der Waals surface area contributed by atoms with Crippen molar-refractivity contribution in [3.8, 4) is 0 Å². The Balaban J connectivity index is 1.97. The molecule has 21 heavy (non-hydrogen) atoms. The lowest BCUT2D eigenvalue weighted by Crippen LogP contribution is -2.20. The quantitative estimate of drug-likeness (QED) is 0.764. The first kappa shape index (κ1) is 15.1. The van der Waals surface area contributed by atoms with Crippen LogP contribution >= 0.6 is 0 Å². The Labute approximate surface area is 123 Å². The van der Waals surface area contributed by atoms with E-state index in [0.717, 1.165) is 24.1 Å². The number of para-hydroxylation sites is 1. The van der Waals surface area contributed by atoms with Gasteiger partial charge in [-0.05, 0) is 18.1 Å². The number of nitrogens with one attached hydrogen (secondary N) is 2. The van der Waals surface area contributed by atoms with E-state index in [-0.39, 0.29) is 12.6 Å². The summed E-state index contributed by atoms with van der Waals surface area (Å²) in [6.07, 6.45) is 5.17. The zero-order chi connectivity index (χ0) is 15.1. The highest BCUT2D eigenvalue weighted by Gasteiger charge is 2.07. The maximum Gasteiger partial charge on any atom is 0.323 e. The van der Waals surface area contributed by atoms with Crippen molar-refractivity contribution < 1.29 is 9.90 Å². The topological polar surface area (TPSA) is 79.2 Å². The van der Waals surface area contributed by atoms with E-state index in [2.05, 4.69) is 22.7 Å². The van der Waals surface area contributed by atoms with Crippen molar-refractivity contribution in [3.05, 3.63) is 42.2 Å². The summed E-state index contributed by atoms with van der Waals surface area (Å²) in [6.45, 7) is 2.52. The molecule has 0 atom stereocenters. The second kappa shape index (κ2) is 7.44. The molecule has 0 bridgehead atoms. The maximum absolute atomic E-state index is 12.0. The Morgan fingerprint density at radius 3 is 2.90 bits per heavy atom. The third-order valence-corrected chi connectivity index (χ3v) is 3.01. The van der Waals surface area contributed by atoms with Crippen LogP contribution in [0.1, 0.15) is 18.9 Å². The van der Waals surface area contributed by atoms with Gasteiger partial charge in [-0.2, -0.15) is 5.10 Å². The normalized spacial score (nSPS) is 10.4. The molecule has 2 amide bonds. The fourth-order valence-electron chi connectivity index (χ4n) is 2.07. The fraction of sp³-hybridized carbons (Fsp3) is 0.333. The Morgan fingerprint density at radius 1 is 1.33 bits per heavy atom. The summed E-state index contributed by atoms with van der Waals surface area (Å²) in [7, 11) is 0. The number of benzene rings is 1. The Kier molecular flexibility index (Phi) is 5.34. The van der Waals surface area contributed by atoms with Crippen molar-refractivity contribution in [3.63, 3.8) is 0 Å². The van der Waals surface area contributed by atoms with Gasteiger partial charge in [0, 0.05) is 11.9 Å². The molecule has 0 aliphatic rings. The molecule has 6 nitrogen and oxygen atoms in total. The molecule has 0 spiro atoms. The van der Waals surface area contributed by atoms with Gasteiger partial charge in [-0.1, -0.05) is 31.5 Å². The summed E-state index contributed by atoms with van der Waals surface area (Å²) in [5.74, 6) is 0. The first-order valence-corrected chi connectivity index (χ1v) is 7.02. The van der Waals surface area contributed by atoms with E-state index in [4.69, 9.17) is 5.11 Å². The largest absolute Gasteiger partial charge is 0.394 e. The molecule has 2 rings (SSSR count). The molecule has 0 saturated heterocycles. The van der Waals surface area contributed by atoms with E-state index in [1.165, 1.54) is 0 Å². The monoisotopic (exact) mass is 288 g/mol. The summed E-state index contributed by atoms with van der Waals surface area (Å²) in [4.78, 5) is 12.0. The Morgan fingerprint density at radius 2 is 2.14 bits per heavy atom. The van der Waals surface area contributed by atoms with Gasteiger partial charge in [-0.15, -0.1) is 0 Å². The molecule has 0 radical (unpaired) electrons. The molecule has 0 saturated carbocycles. The number of anilines is 2. The van der Waals surface area contributed by atoms with E-state index in [1.54, 1.807) is 17.1 Å². The number of carbonyl (C=O) groups excluding carboxylic acids is 1. The molecule has 6 heteroatoms. The lowest BCUT2D eigenvalue weighted by molar-refractivity contribution is 0.262. The van der Waals surface area contributed by atoms with Crippen molar-refractivity contribution in [2.24, 2.45) is 0 Å². The van der Waals surface area contributed by atoms with Crippen molar-refractivity contribution in [1.82, 2.24) is 9.78 Å². The van der Waals surface area contributed by atoms with Crippen molar-refractivity contribution in [2.75, 3.05) is 17.2 Å². The smallest absolute Gasteiger partial charge is 0.323 e. The molecule has 2 aromatic rings. The molecule has 1 aromatic heterocycles. The average molecular weight is 288 g/mol. The third-order valence-electron chi connectivity index (χ3n) is 3.01. The molecule has 112 valence electrons. The van der Waals surface area contributed by atoms with E-state index in [0.29, 0.717) is 12.2 Å². The number of aryl methyl sites for hydroxylation is 1. The van der Waals surface area contributed by atoms with Crippen LogP contribution in [0.25, 0.3) is 0 Å². The number of hydrogen-bond acceptors (Lipinski definition) is 3. The van der Waals surface area contributed by atoms with E-state index >= 15 is 0 Å². The van der Waals surface area contributed by atoms with Crippen LogP contribution in [0.15, 0.2) is 36.7 Å². The zero-order valence-corrected chi connectivity index (χ0v) is 12.0. The summed E-state index contributed by atoms with van der Waals surface area (Å²) in [5, 5.41) is 18.4. The number of aliphatic hydroxyl groups is 1. The summed E-state index contributed by atoms with van der Waals surface area (Å²) >= 11 is 0. The van der Waals surface area contributed by atoms with Crippen LogP contribution in [0, 0.1) is 0 Å². The molecule has 0 unspecified atom stereocenters. The molecule has 0 aliphatic heterocycles. The first-order chi connectivity index (χ1) is 10.2. The van der Waals surface area contributed by atoms with Crippen molar-refractivity contribution in [2.45, 2.75) is 26.3 Å². The van der Waals surface area contributed by atoms with Gasteiger partial charge in [-0.3, -0.25) is 4.68 Å². The third kappa shape index (κ3) is 4.32. The van der Waals surface area contributed by atoms with E-state index in [9.17, 15) is 4.79 Å². The number of aliphatic hydroxyl groups excluding tert-OH is 1. The number of hydrogen-bond donors (Lipinski definition) is 3. The minimum atomic E-state index is -0.304. The number of nitrogens with zero attached hydrogens (tertiary/aromatic N) is 2. The van der Waals surface area contributed by atoms with E-state index in [1.807, 2.05) is 24.3 Å². The summed E-state index contributed by atoms with van der Waals surface area (Å²) in [6, 6.07) is 7.46. The van der Waals surface area contributed by atoms with Gasteiger partial charge in [0.05, 0.1) is 25.0 Å². The number of rotatable bonds is 6. The molecule has 0 aliphatic carbocycles. The average Bonchev–Trinajstić information content (AvgIpc) is 2.89. The highest BCUT2D eigenvalue weighted by molar-refractivity contribution is 6.00. The van der Waals surface area contributed by atoms with Gasteiger partial charge in [0.1, 0.15) is 0 Å². The van der Waals surface area contributed by atoms with Gasteiger partial charge in [0.15, 0.2) is 0 Å². The first-order valence-electron chi connectivity index (χ1n) is 7.02. The zero-order valence-electron chi connectivity index (χ0n) is 12.0. The predicted molar refractivity (Wildman–Crippen MR) is 82.4 cm³/mol. The van der Waals surface area contributed by atoms with Crippen molar-refractivity contribution >= 4 is 17.4 Å². The van der Waals surface area contributed by atoms with Crippen LogP contribution in [0.5, 0.6) is 0 Å². The van der Waals surface area contributed by atoms with Gasteiger partial charge in [0.2, 0.25) is 0 Å². The van der Waals surface area contributed by atoms with Gasteiger partial charge >= 0.3 is 6.03 Å². The van der Waals surface area contributed by atoms with E-state index < -0.39 is 0 Å². The van der Waals surface area contributed by atoms with Crippen LogP contribution in [-0.2, 0) is 13.0 Å². The SMILES string of the molecule is CCCc1ccccc1NC(=O)Nc1cnn(CCO)c1. The molecular formula is C15H20N4O2. The molecule has 0 fully saturated rings. The summed E-state index contributed by atoms with van der Waals surface area (Å²) < 4.78 is 1.57. The highest BCUT2D eigenvalue weighted by Crippen LogP contribution is 2.17. The number of urea groups is 1. The van der Waals surface area contributed by atoms with Crippen LogP contribution < -0.4 is 10.6 Å². The maximum atomic E-state index is 12.0. The van der Waals surface area contributed by atoms with Crippen LogP contribution in [0.4, 0.5) is 16.2 Å². The fourth-order valence-corrected chi connectivity index (χ4v) is 2.07. The number of aromatic nitrogens is 2. The standard InChI is InChI=1S/C15H20N4O2/c1-2-5-12-6-3-4-7-14(12)18-15(21)17-13-10-16-19(11-13)8-9-20/h3-4,6-7,10-11,20H,2,5,8-9H2,1H3,(H2,17,18,21). The lowest BCUT2D eigenvalue weighted by atomic mass is 10.1. The van der Waals surface area contributed by atoms with Crippen LogP contribution in [0.2, 0.25) is 0 Å². The lowest BCUT2D eigenvalue weighted by Gasteiger charge is -2.10. The van der Waals surface area contributed by atoms with Crippen LogP contribution in [-0.4, -0.2) is 27.5 Å². The predicted octanol–water partition coefficient (Wildman–Crippen LogP) is 2.47. The number of carbonyl (C=O) groups is 1. The highest BCUT2D eigenvalue weighted by atomic mass is 16.3. The van der Waals surface area contributed by atoms with Gasteiger partial charge in [-0.25, -0.2) is 4.79 Å². The van der Waals surface area contributed by atoms with Crippen molar-refractivity contribution in [1.29, 1.82) is 0 Å². The Hall–Kier alpha value is -2.34. The molecular weight excluding hydrogens is 268 g/mol. The van der Waals surface area contributed by atoms with Crippen LogP contribution in [0.3, 0.4) is 0 Å². The second-order valence-corrected chi connectivity index (χ2v) is 4.70. The second-order valence-electron chi connectivity index (χ2n) is 4.70. The summed E-state index contributed by atoms with van der Waals surface area (Å²) in [5.41, 5.74) is 2.53. The number of amides is 2. The molecule has 1 aromatic carbocycles. The molecule has 1 heterocycles. The Bertz CT molecular complexity index is 595. The molecule has 3 N–H and O–H groups in total. The minimum Gasteiger partial charge on any atom is -0.394 e. The minimum absolute atomic E-state index is 0.0116.